The number of halogens is 2. The highest BCUT2D eigenvalue weighted by atomic mass is 35.5. The van der Waals surface area contributed by atoms with E-state index in [0.717, 1.165) is 15.5 Å². The number of carbonyl (C=O) groups is 2. The molecule has 0 aliphatic carbocycles. The molecule has 8 heteroatoms. The Balaban J connectivity index is 0. The average Bonchev–Trinajstić information content (AvgIpc) is 3.25. The molecule has 5 nitrogen and oxygen atoms in total. The van der Waals surface area contributed by atoms with Crippen molar-refractivity contribution in [2.24, 2.45) is 0 Å². The van der Waals surface area contributed by atoms with Crippen molar-refractivity contribution in [3.63, 3.8) is 0 Å². The summed E-state index contributed by atoms with van der Waals surface area (Å²) in [6, 6.07) is 16.9. The summed E-state index contributed by atoms with van der Waals surface area (Å²) in [4.78, 5) is 20.3. The van der Waals surface area contributed by atoms with Gasteiger partial charge in [-0.15, -0.1) is 11.3 Å². The fraction of sp³-hybridized carbons (Fsp3) is 0.250. The van der Waals surface area contributed by atoms with Crippen molar-refractivity contribution < 1.29 is 19.4 Å². The second-order valence-corrected chi connectivity index (χ2v) is 7.54. The number of thiophene rings is 1. The first-order chi connectivity index (χ1) is 15.3. The first-order valence-corrected chi connectivity index (χ1v) is 11.1. The van der Waals surface area contributed by atoms with E-state index in [1.807, 2.05) is 70.0 Å². The van der Waals surface area contributed by atoms with Gasteiger partial charge in [0.2, 0.25) is 0 Å². The summed E-state index contributed by atoms with van der Waals surface area (Å²) < 4.78 is 4.25. The molecule has 2 N–H and O–H groups in total. The highest BCUT2D eigenvalue weighted by molar-refractivity contribution is 7.18. The van der Waals surface area contributed by atoms with E-state index in [-0.39, 0.29) is 0 Å². The molecule has 32 heavy (non-hydrogen) atoms. The molecule has 2 aromatic carbocycles. The monoisotopic (exact) mass is 499 g/mol. The number of benzene rings is 2. The number of nitrogens with one attached hydrogen (secondary N) is 1. The molecule has 0 saturated heterocycles. The van der Waals surface area contributed by atoms with Crippen molar-refractivity contribution in [3.05, 3.63) is 75.1 Å². The minimum absolute atomic E-state index is 0.317. The molecular weight excluding hydrogens is 469 g/mol. The molecule has 0 unspecified atom stereocenters. The lowest BCUT2D eigenvalue weighted by Crippen LogP contribution is -1.97. The predicted octanol–water partition coefficient (Wildman–Crippen LogP) is 7.56. The van der Waals surface area contributed by atoms with E-state index in [0.29, 0.717) is 15.6 Å². The Kier molecular flexibility index (Phi) is 19.2. The van der Waals surface area contributed by atoms with Crippen LogP contribution in [0.15, 0.2) is 54.6 Å². The summed E-state index contributed by atoms with van der Waals surface area (Å²) in [5, 5.41) is 13.4. The summed E-state index contributed by atoms with van der Waals surface area (Å²) in [6.07, 6.45) is 0. The van der Waals surface area contributed by atoms with Gasteiger partial charge >= 0.3 is 5.97 Å². The van der Waals surface area contributed by atoms with Crippen LogP contribution in [0.3, 0.4) is 0 Å². The Morgan fingerprint density at radius 3 is 1.69 bits per heavy atom. The highest BCUT2D eigenvalue weighted by Gasteiger charge is 2.15. The molecule has 1 aromatic heterocycles. The Morgan fingerprint density at radius 1 is 0.969 bits per heavy atom. The maximum atomic E-state index is 11.0. The van der Waals surface area contributed by atoms with Gasteiger partial charge in [0.1, 0.15) is 11.7 Å². The summed E-state index contributed by atoms with van der Waals surface area (Å²) in [7, 11) is 4.96. The smallest absolute Gasteiger partial charge is 0.348 e. The summed E-state index contributed by atoms with van der Waals surface area (Å²) in [6.45, 7) is 8.04. The van der Waals surface area contributed by atoms with Crippen LogP contribution in [0.5, 0.6) is 0 Å². The fourth-order valence-corrected chi connectivity index (χ4v) is 3.29. The standard InChI is InChI=1S/C12H10ClNO2S.C7H7Cl.C2H6O.C2H6.CH2O/c1-14-9-6-10(17-11(9)12(15)16)7-2-4-8(13)5-3-7;1-6-2-4-7(8)5-3-6;1-3-2;2*1-2/h2-6,14H,1H3,(H,15,16);2-5H,1H3;1-2H3;1-2H3;1H2. The number of hydrogen-bond acceptors (Lipinski definition) is 5. The van der Waals surface area contributed by atoms with Crippen LogP contribution in [0, 0.1) is 6.92 Å². The lowest BCUT2D eigenvalue weighted by molar-refractivity contribution is -0.0980. The molecule has 176 valence electrons. The molecule has 0 fully saturated rings. The largest absolute Gasteiger partial charge is 0.477 e. The molecule has 3 aromatic rings. The minimum atomic E-state index is -0.917. The zero-order valence-corrected chi connectivity index (χ0v) is 21.6. The van der Waals surface area contributed by atoms with Gasteiger partial charge in [-0.3, -0.25) is 0 Å². The number of ether oxygens (including phenoxy) is 1. The van der Waals surface area contributed by atoms with E-state index in [4.69, 9.17) is 33.1 Å². The molecule has 1 heterocycles. The van der Waals surface area contributed by atoms with E-state index in [1.54, 1.807) is 33.4 Å². The van der Waals surface area contributed by atoms with Crippen molar-refractivity contribution in [2.75, 3.05) is 26.6 Å². The third-order valence-corrected chi connectivity index (χ3v) is 5.01. The maximum absolute atomic E-state index is 11.0. The van der Waals surface area contributed by atoms with E-state index in [2.05, 4.69) is 10.1 Å². The Hall–Kier alpha value is -2.38. The van der Waals surface area contributed by atoms with E-state index < -0.39 is 5.97 Å². The lowest BCUT2D eigenvalue weighted by Gasteiger charge is -1.96. The summed E-state index contributed by atoms with van der Waals surface area (Å²) in [5.41, 5.74) is 2.84. The number of aryl methyl sites for hydroxylation is 1. The van der Waals surface area contributed by atoms with Crippen molar-refractivity contribution in [1.29, 1.82) is 0 Å². The fourth-order valence-electron chi connectivity index (χ4n) is 2.03. The lowest BCUT2D eigenvalue weighted by atomic mass is 10.2. The molecule has 0 bridgehead atoms. The highest BCUT2D eigenvalue weighted by Crippen LogP contribution is 2.35. The van der Waals surface area contributed by atoms with Crippen LogP contribution in [0.2, 0.25) is 10.0 Å². The third-order valence-electron chi connectivity index (χ3n) is 3.34. The van der Waals surface area contributed by atoms with Gasteiger partial charge in [-0.25, -0.2) is 4.79 Å². The quantitative estimate of drug-likeness (QED) is 0.388. The van der Waals surface area contributed by atoms with Crippen LogP contribution in [0.25, 0.3) is 10.4 Å². The molecule has 0 atom stereocenters. The number of carboxylic acid groups (broad SMARTS) is 1. The normalized spacial score (nSPS) is 8.62. The number of aromatic carboxylic acids is 1. The topological polar surface area (TPSA) is 75.6 Å². The van der Waals surface area contributed by atoms with E-state index in [1.165, 1.54) is 16.9 Å². The third kappa shape index (κ3) is 12.5. The summed E-state index contributed by atoms with van der Waals surface area (Å²) in [5.74, 6) is -0.917. The number of carboxylic acids is 1. The van der Waals surface area contributed by atoms with Crippen molar-refractivity contribution >= 4 is 53.0 Å². The van der Waals surface area contributed by atoms with E-state index >= 15 is 0 Å². The van der Waals surface area contributed by atoms with Gasteiger partial charge in [0.05, 0.1) is 5.69 Å². The van der Waals surface area contributed by atoms with Gasteiger partial charge in [0.25, 0.3) is 0 Å². The molecular formula is C24H31Cl2NO4S. The van der Waals surface area contributed by atoms with Gasteiger partial charge in [-0.2, -0.15) is 0 Å². The van der Waals surface area contributed by atoms with Crippen LogP contribution >= 0.6 is 34.5 Å². The van der Waals surface area contributed by atoms with Crippen molar-refractivity contribution in [1.82, 2.24) is 0 Å². The number of hydrogen-bond donors (Lipinski definition) is 2. The SMILES string of the molecule is C=O.CC.CNc1cc(-c2ccc(Cl)cc2)sc1C(=O)O.COC.Cc1ccc(Cl)cc1. The molecule has 0 aliphatic heterocycles. The minimum Gasteiger partial charge on any atom is -0.477 e. The number of methoxy groups -OCH3 is 1. The first-order valence-electron chi connectivity index (χ1n) is 9.54. The number of rotatable bonds is 3. The molecule has 3 rings (SSSR count). The van der Waals surface area contributed by atoms with Gasteiger partial charge in [0, 0.05) is 36.2 Å². The Morgan fingerprint density at radius 2 is 1.38 bits per heavy atom. The number of anilines is 1. The summed E-state index contributed by atoms with van der Waals surface area (Å²) >= 11 is 12.7. The number of carbonyl (C=O) groups excluding carboxylic acids is 1. The van der Waals surface area contributed by atoms with Crippen LogP contribution in [-0.2, 0) is 9.53 Å². The molecule has 0 amide bonds. The first kappa shape index (κ1) is 31.8. The molecule has 0 spiro atoms. The van der Waals surface area contributed by atoms with E-state index in [9.17, 15) is 4.79 Å². The van der Waals surface area contributed by atoms with Gasteiger partial charge in [0.15, 0.2) is 0 Å². The van der Waals surface area contributed by atoms with Crippen molar-refractivity contribution in [3.8, 4) is 10.4 Å². The van der Waals surface area contributed by atoms with Gasteiger partial charge in [-0.05, 0) is 42.8 Å². The molecule has 0 radical (unpaired) electrons. The van der Waals surface area contributed by atoms with Crippen LogP contribution in [0.4, 0.5) is 5.69 Å². The molecule has 0 aliphatic rings. The van der Waals surface area contributed by atoms with Crippen LogP contribution in [0.1, 0.15) is 29.1 Å². The Bertz CT molecular complexity index is 861. The predicted molar refractivity (Wildman–Crippen MR) is 139 cm³/mol. The second kappa shape index (κ2) is 19.3. The van der Waals surface area contributed by atoms with Gasteiger partial charge in [-0.1, -0.05) is 66.9 Å². The van der Waals surface area contributed by atoms with Crippen LogP contribution < -0.4 is 5.32 Å². The zero-order valence-electron chi connectivity index (χ0n) is 19.2. The van der Waals surface area contributed by atoms with Crippen molar-refractivity contribution in [2.45, 2.75) is 20.8 Å². The Labute approximate surface area is 205 Å². The second-order valence-electron chi connectivity index (χ2n) is 5.62. The average molecular weight is 500 g/mol. The zero-order chi connectivity index (χ0) is 25.1. The van der Waals surface area contributed by atoms with Crippen LogP contribution in [-0.4, -0.2) is 39.1 Å². The maximum Gasteiger partial charge on any atom is 0.348 e. The molecule has 0 saturated carbocycles. The van der Waals surface area contributed by atoms with Gasteiger partial charge < -0.3 is 20.0 Å².